The molecule has 0 bridgehead atoms. The molecule has 0 saturated carbocycles. The minimum absolute atomic E-state index is 0. The van der Waals surface area contributed by atoms with Crippen molar-refractivity contribution >= 4 is 7.82 Å². The second kappa shape index (κ2) is 14.0. The number of phosphoric acid groups is 1. The second-order valence-corrected chi connectivity index (χ2v) is 1.54. The monoisotopic (exact) mass is 426 g/mol. The average molecular weight is 429 g/mol. The fraction of sp³-hybridized carbons (Fsp3) is 0. The van der Waals surface area contributed by atoms with Gasteiger partial charge in [-0.3, -0.25) is 0 Å². The first-order valence-electron chi connectivity index (χ1n) is 0.783. The standard InChI is InChI=1S/2Ag.Na.H3O4P.Zr.H/c;;;1-5(2,3)4;;/h;;;(H3,1,2,3,4);;/q;;+1;;;-1. The van der Waals surface area contributed by atoms with Gasteiger partial charge in [-0.2, -0.15) is 0 Å². The van der Waals surface area contributed by atoms with Crippen LogP contribution in [0.5, 0.6) is 0 Å². The van der Waals surface area contributed by atoms with Crippen molar-refractivity contribution in [1.82, 2.24) is 0 Å². The van der Waals surface area contributed by atoms with E-state index in [0.29, 0.717) is 0 Å². The Hall–Kier alpha value is 3.47. The third kappa shape index (κ3) is 85.3. The molecule has 0 saturated heterocycles. The maximum atomic E-state index is 8.88. The maximum Gasteiger partial charge on any atom is 1.00 e. The third-order valence-corrected chi connectivity index (χ3v) is 0. The largest absolute Gasteiger partial charge is 1.00 e. The zero-order valence-electron chi connectivity index (χ0n) is 5.30. The summed E-state index contributed by atoms with van der Waals surface area (Å²) in [4.78, 5) is 21.6. The Morgan fingerprint density at radius 2 is 1.11 bits per heavy atom. The van der Waals surface area contributed by atoms with Crippen molar-refractivity contribution in [3.8, 4) is 0 Å². The smallest absolute Gasteiger partial charge is 1.00 e. The molecule has 0 aliphatic carbocycles. The van der Waals surface area contributed by atoms with Gasteiger partial charge in [0.15, 0.2) is 0 Å². The number of hydrogen-bond acceptors (Lipinski definition) is 1. The summed E-state index contributed by atoms with van der Waals surface area (Å²) in [5.41, 5.74) is 0. The van der Waals surface area contributed by atoms with Crippen LogP contribution >= 0.6 is 7.82 Å². The quantitative estimate of drug-likeness (QED) is 0.273. The van der Waals surface area contributed by atoms with Gasteiger partial charge in [0, 0.05) is 71.0 Å². The van der Waals surface area contributed by atoms with E-state index >= 15 is 0 Å². The molecule has 0 aromatic heterocycles. The molecular weight excluding hydrogens is 425 g/mol. The summed E-state index contributed by atoms with van der Waals surface area (Å²) in [7, 11) is -4.64. The van der Waals surface area contributed by atoms with E-state index in [2.05, 4.69) is 0 Å². The molecular formula is H4Ag2NaO4PZr. The van der Waals surface area contributed by atoms with E-state index in [4.69, 9.17) is 19.2 Å². The molecule has 9 heavy (non-hydrogen) atoms. The predicted octanol–water partition coefficient (Wildman–Crippen LogP) is -3.82. The Balaban J connectivity index is -0.00000000800. The summed E-state index contributed by atoms with van der Waals surface area (Å²) in [6, 6.07) is 0. The van der Waals surface area contributed by atoms with Gasteiger partial charge in [0.2, 0.25) is 0 Å². The van der Waals surface area contributed by atoms with E-state index in [1.807, 2.05) is 0 Å². The molecule has 0 fully saturated rings. The fourth-order valence-corrected chi connectivity index (χ4v) is 0. The molecule has 0 rings (SSSR count). The molecule has 9 heteroatoms. The summed E-state index contributed by atoms with van der Waals surface area (Å²) < 4.78 is 8.88. The van der Waals surface area contributed by atoms with E-state index in [0.717, 1.165) is 0 Å². The van der Waals surface area contributed by atoms with Gasteiger partial charge in [0.25, 0.3) is 0 Å². The van der Waals surface area contributed by atoms with Crippen molar-refractivity contribution in [3.05, 3.63) is 0 Å². The van der Waals surface area contributed by atoms with Gasteiger partial charge >= 0.3 is 37.4 Å². The van der Waals surface area contributed by atoms with Crippen molar-refractivity contribution in [1.29, 1.82) is 0 Å². The second-order valence-electron chi connectivity index (χ2n) is 0.513. The SMILES string of the molecule is O=P(O)(O)O.[Ag].[Ag].[H-].[Na+].[Zr]. The van der Waals surface area contributed by atoms with Gasteiger partial charge in [0.1, 0.15) is 0 Å². The van der Waals surface area contributed by atoms with Crippen LogP contribution in [0.3, 0.4) is 0 Å². The summed E-state index contributed by atoms with van der Waals surface area (Å²) in [5, 5.41) is 0. The van der Waals surface area contributed by atoms with Crippen LogP contribution in [0, 0.1) is 0 Å². The van der Waals surface area contributed by atoms with Crippen molar-refractivity contribution in [2.75, 3.05) is 0 Å². The molecule has 0 aromatic rings. The summed E-state index contributed by atoms with van der Waals surface area (Å²) in [6.07, 6.45) is 0. The third-order valence-electron chi connectivity index (χ3n) is 0. The molecule has 0 aliphatic heterocycles. The fourth-order valence-electron chi connectivity index (χ4n) is 0. The van der Waals surface area contributed by atoms with Crippen molar-refractivity contribution in [3.63, 3.8) is 0 Å². The molecule has 3 N–H and O–H groups in total. The summed E-state index contributed by atoms with van der Waals surface area (Å²) >= 11 is 0. The van der Waals surface area contributed by atoms with Crippen molar-refractivity contribution in [2.24, 2.45) is 0 Å². The molecule has 0 aromatic carbocycles. The summed E-state index contributed by atoms with van der Waals surface area (Å²) in [5.74, 6) is 0. The van der Waals surface area contributed by atoms with E-state index < -0.39 is 7.82 Å². The molecule has 0 unspecified atom stereocenters. The van der Waals surface area contributed by atoms with E-state index in [9.17, 15) is 0 Å². The van der Waals surface area contributed by atoms with E-state index in [1.54, 1.807) is 0 Å². The number of hydrogen-bond donors (Lipinski definition) is 3. The van der Waals surface area contributed by atoms with Gasteiger partial charge in [-0.25, -0.2) is 4.57 Å². The van der Waals surface area contributed by atoms with Gasteiger partial charge < -0.3 is 16.1 Å². The van der Waals surface area contributed by atoms with Crippen LogP contribution in [0.2, 0.25) is 0 Å². The Labute approximate surface area is 127 Å². The van der Waals surface area contributed by atoms with Crippen LogP contribution in [0.15, 0.2) is 0 Å². The van der Waals surface area contributed by atoms with Crippen LogP contribution in [-0.2, 0) is 75.5 Å². The van der Waals surface area contributed by atoms with Crippen molar-refractivity contribution in [2.45, 2.75) is 0 Å². The first kappa shape index (κ1) is 29.4. The maximum absolute atomic E-state index is 8.88. The molecule has 2 radical (unpaired) electrons. The Morgan fingerprint density at radius 3 is 1.11 bits per heavy atom. The first-order chi connectivity index (χ1) is 2.00. The average Bonchev–Trinajstić information content (AvgIpc) is 0.722. The zero-order chi connectivity index (χ0) is 4.50. The zero-order valence-corrected chi connectivity index (χ0v) is 12.6. The van der Waals surface area contributed by atoms with Crippen LogP contribution in [-0.4, -0.2) is 14.7 Å². The van der Waals surface area contributed by atoms with Gasteiger partial charge in [-0.05, 0) is 0 Å². The molecule has 0 atom stereocenters. The first-order valence-corrected chi connectivity index (χ1v) is 2.35. The van der Waals surface area contributed by atoms with Gasteiger partial charge in [-0.15, -0.1) is 0 Å². The molecule has 0 amide bonds. The van der Waals surface area contributed by atoms with Crippen molar-refractivity contribution < 1.29 is 121 Å². The molecule has 0 spiro atoms. The van der Waals surface area contributed by atoms with Gasteiger partial charge in [0.05, 0.1) is 0 Å². The van der Waals surface area contributed by atoms with Crippen LogP contribution in [0.4, 0.5) is 0 Å². The minimum atomic E-state index is -4.64. The molecule has 60 valence electrons. The normalized spacial score (nSPS) is 6.56. The Kier molecular flexibility index (Phi) is 45.8. The number of rotatable bonds is 0. The topological polar surface area (TPSA) is 77.8 Å². The molecule has 4 nitrogen and oxygen atoms in total. The van der Waals surface area contributed by atoms with Crippen LogP contribution in [0.1, 0.15) is 1.43 Å². The molecule has 0 aliphatic rings. The minimum Gasteiger partial charge on any atom is -1.00 e. The Bertz CT molecular complexity index is 69.4. The molecule has 0 heterocycles. The van der Waals surface area contributed by atoms with Gasteiger partial charge in [-0.1, -0.05) is 0 Å². The van der Waals surface area contributed by atoms with Crippen LogP contribution in [0.25, 0.3) is 0 Å². The predicted molar refractivity (Wildman–Crippen MR) is 15.4 cm³/mol. The van der Waals surface area contributed by atoms with E-state index in [-0.39, 0.29) is 102 Å². The Morgan fingerprint density at radius 1 is 1.11 bits per heavy atom. The van der Waals surface area contributed by atoms with Crippen LogP contribution < -0.4 is 29.6 Å². The summed E-state index contributed by atoms with van der Waals surface area (Å²) in [6.45, 7) is 0. The van der Waals surface area contributed by atoms with E-state index in [1.165, 1.54) is 0 Å².